The first-order valence-electron chi connectivity index (χ1n) is 13.1. The Hall–Kier alpha value is -4.91. The van der Waals surface area contributed by atoms with E-state index < -0.39 is 17.9 Å². The molecule has 2 amide bonds. The number of hydrogen-bond acceptors (Lipinski definition) is 4. The van der Waals surface area contributed by atoms with E-state index in [9.17, 15) is 9.59 Å². The fraction of sp³-hybridized carbons (Fsp3) is 0.182. The van der Waals surface area contributed by atoms with Crippen LogP contribution in [-0.2, 0) is 22.6 Å². The Bertz CT molecular complexity index is 1380. The van der Waals surface area contributed by atoms with E-state index in [-0.39, 0.29) is 18.9 Å². The molecule has 0 fully saturated rings. The molecule has 4 rings (SSSR count). The summed E-state index contributed by atoms with van der Waals surface area (Å²) < 4.78 is 5.31. The number of nitrogens with two attached hydrogens (primary N) is 1. The molecule has 0 unspecified atom stereocenters. The van der Waals surface area contributed by atoms with Crippen LogP contribution in [0.25, 0.3) is 0 Å². The van der Waals surface area contributed by atoms with Gasteiger partial charge in [-0.15, -0.1) is 0 Å². The molecule has 0 saturated carbocycles. The minimum Gasteiger partial charge on any atom is -0.497 e. The summed E-state index contributed by atoms with van der Waals surface area (Å²) in [6.45, 7) is 0.201. The molecule has 0 aromatic heterocycles. The van der Waals surface area contributed by atoms with Gasteiger partial charge in [0, 0.05) is 25.7 Å². The maximum Gasteiger partial charge on any atom is 0.240 e. The van der Waals surface area contributed by atoms with Gasteiger partial charge in [0.2, 0.25) is 11.8 Å². The number of nitrogens with one attached hydrogen (secondary N) is 1. The van der Waals surface area contributed by atoms with Crippen molar-refractivity contribution < 1.29 is 14.3 Å². The summed E-state index contributed by atoms with van der Waals surface area (Å²) in [5.74, 6) is -0.685. The highest BCUT2D eigenvalue weighted by Crippen LogP contribution is 2.29. The molecule has 4 aromatic carbocycles. The topological polar surface area (TPSA) is 97.0 Å². The number of carbonyl (C=O) groups excluding carboxylic acids is 2. The molecule has 1 atom stereocenters. The summed E-state index contributed by atoms with van der Waals surface area (Å²) in [6, 6.07) is 33.5. The van der Waals surface area contributed by atoms with Crippen LogP contribution in [0.4, 0.5) is 5.69 Å². The Morgan fingerprint density at radius 2 is 1.50 bits per heavy atom. The van der Waals surface area contributed by atoms with Gasteiger partial charge in [-0.25, -0.2) is 0 Å². The standard InChI is InChI=1S/C33H34N4O3/c1-35-23-36-28-15-9-10-25(20-28)21-30(32(34)38)37(22-24-16-18-29(40-2)19-17-24)33(39)31(26-11-5-3-6-12-26)27-13-7-4-8-14-27/h3-20,23,30-31H,21-22H2,1-2H3,(H2,34,38)(H,35,36)/t30-/m1/s1. The molecule has 4 aromatic rings. The molecule has 0 saturated heterocycles. The Labute approximate surface area is 235 Å². The van der Waals surface area contributed by atoms with Gasteiger partial charge in [0.25, 0.3) is 0 Å². The van der Waals surface area contributed by atoms with Crippen molar-refractivity contribution in [3.05, 3.63) is 131 Å². The number of benzene rings is 4. The summed E-state index contributed by atoms with van der Waals surface area (Å²) in [6.07, 6.45) is 1.85. The average molecular weight is 535 g/mol. The van der Waals surface area contributed by atoms with Crippen LogP contribution in [0.2, 0.25) is 0 Å². The summed E-state index contributed by atoms with van der Waals surface area (Å²) in [5.41, 5.74) is 10.3. The molecule has 0 radical (unpaired) electrons. The van der Waals surface area contributed by atoms with Crippen molar-refractivity contribution in [3.63, 3.8) is 0 Å². The highest BCUT2D eigenvalue weighted by atomic mass is 16.5. The maximum absolute atomic E-state index is 14.6. The second-order valence-corrected chi connectivity index (χ2v) is 9.42. The lowest BCUT2D eigenvalue weighted by Crippen LogP contribution is -2.50. The summed E-state index contributed by atoms with van der Waals surface area (Å²) >= 11 is 0. The van der Waals surface area contributed by atoms with Crippen molar-refractivity contribution >= 4 is 23.8 Å². The third-order valence-electron chi connectivity index (χ3n) is 6.73. The number of nitrogens with zero attached hydrogens (tertiary/aromatic N) is 2. The predicted molar refractivity (Wildman–Crippen MR) is 159 cm³/mol. The number of carbonyl (C=O) groups is 2. The van der Waals surface area contributed by atoms with Gasteiger partial charge in [-0.3, -0.25) is 14.6 Å². The monoisotopic (exact) mass is 534 g/mol. The fourth-order valence-electron chi connectivity index (χ4n) is 4.72. The lowest BCUT2D eigenvalue weighted by atomic mass is 9.89. The van der Waals surface area contributed by atoms with Gasteiger partial charge in [0.1, 0.15) is 11.8 Å². The van der Waals surface area contributed by atoms with Crippen molar-refractivity contribution in [2.45, 2.75) is 24.9 Å². The first kappa shape index (κ1) is 28.1. The van der Waals surface area contributed by atoms with Gasteiger partial charge in [-0.1, -0.05) is 84.9 Å². The SMILES string of the molecule is CN=CNc1cccc(C[C@H](C(N)=O)N(Cc2ccc(OC)cc2)C(=O)C(c2ccccc2)c2ccccc2)c1. The zero-order valence-corrected chi connectivity index (χ0v) is 22.7. The largest absolute Gasteiger partial charge is 0.497 e. The molecular formula is C33H34N4O3. The Kier molecular flexibility index (Phi) is 9.67. The summed E-state index contributed by atoms with van der Waals surface area (Å²) in [7, 11) is 3.28. The first-order chi connectivity index (χ1) is 19.5. The average Bonchev–Trinajstić information content (AvgIpc) is 2.99. The maximum atomic E-state index is 14.6. The van der Waals surface area contributed by atoms with Gasteiger partial charge in [0.05, 0.1) is 19.4 Å². The Morgan fingerprint density at radius 3 is 2.05 bits per heavy atom. The quantitative estimate of drug-likeness (QED) is 0.197. The third kappa shape index (κ3) is 7.14. The van der Waals surface area contributed by atoms with E-state index in [1.54, 1.807) is 25.4 Å². The Morgan fingerprint density at radius 1 is 0.875 bits per heavy atom. The van der Waals surface area contributed by atoms with Crippen LogP contribution < -0.4 is 15.8 Å². The third-order valence-corrected chi connectivity index (χ3v) is 6.73. The number of amides is 2. The van der Waals surface area contributed by atoms with Gasteiger partial charge in [-0.2, -0.15) is 0 Å². The van der Waals surface area contributed by atoms with Crippen molar-refractivity contribution in [3.8, 4) is 5.75 Å². The van der Waals surface area contributed by atoms with E-state index in [4.69, 9.17) is 10.5 Å². The zero-order valence-electron chi connectivity index (χ0n) is 22.7. The van der Waals surface area contributed by atoms with E-state index >= 15 is 0 Å². The molecular weight excluding hydrogens is 500 g/mol. The fourth-order valence-corrected chi connectivity index (χ4v) is 4.72. The molecule has 0 bridgehead atoms. The normalized spacial score (nSPS) is 11.8. The molecule has 7 nitrogen and oxygen atoms in total. The van der Waals surface area contributed by atoms with Crippen molar-refractivity contribution in [2.75, 3.05) is 19.5 Å². The van der Waals surface area contributed by atoms with E-state index in [2.05, 4.69) is 10.3 Å². The number of anilines is 1. The second kappa shape index (κ2) is 13.8. The van der Waals surface area contributed by atoms with Crippen molar-refractivity contribution in [1.82, 2.24) is 4.90 Å². The lowest BCUT2D eigenvalue weighted by Gasteiger charge is -2.33. The van der Waals surface area contributed by atoms with Crippen LogP contribution in [0.1, 0.15) is 28.2 Å². The minimum absolute atomic E-state index is 0.201. The summed E-state index contributed by atoms with van der Waals surface area (Å²) in [4.78, 5) is 33.2. The molecule has 0 spiro atoms. The molecule has 0 heterocycles. The van der Waals surface area contributed by atoms with Crippen LogP contribution in [0.5, 0.6) is 5.75 Å². The van der Waals surface area contributed by atoms with Crippen LogP contribution in [0.3, 0.4) is 0 Å². The Balaban J connectivity index is 1.77. The number of rotatable bonds is 12. The van der Waals surface area contributed by atoms with Gasteiger partial charge in [0.15, 0.2) is 0 Å². The molecule has 0 aliphatic heterocycles. The number of ether oxygens (including phenoxy) is 1. The second-order valence-electron chi connectivity index (χ2n) is 9.42. The van der Waals surface area contributed by atoms with Crippen LogP contribution >= 0.6 is 0 Å². The molecule has 3 N–H and O–H groups in total. The number of hydrogen-bond donors (Lipinski definition) is 2. The highest BCUT2D eigenvalue weighted by Gasteiger charge is 2.34. The number of methoxy groups -OCH3 is 1. The van der Waals surface area contributed by atoms with Gasteiger partial charge in [-0.05, 0) is 46.5 Å². The van der Waals surface area contributed by atoms with E-state index in [1.807, 2.05) is 109 Å². The van der Waals surface area contributed by atoms with E-state index in [1.165, 1.54) is 0 Å². The van der Waals surface area contributed by atoms with Crippen LogP contribution in [0, 0.1) is 0 Å². The van der Waals surface area contributed by atoms with Crippen molar-refractivity contribution in [1.29, 1.82) is 0 Å². The molecule has 7 heteroatoms. The predicted octanol–water partition coefficient (Wildman–Crippen LogP) is 5.02. The lowest BCUT2D eigenvalue weighted by molar-refractivity contribution is -0.140. The molecule has 204 valence electrons. The zero-order chi connectivity index (χ0) is 28.3. The molecule has 0 aliphatic carbocycles. The minimum atomic E-state index is -0.889. The van der Waals surface area contributed by atoms with E-state index in [0.29, 0.717) is 5.75 Å². The van der Waals surface area contributed by atoms with Gasteiger partial charge >= 0.3 is 0 Å². The number of aliphatic imine (C=N–C) groups is 1. The number of primary amides is 1. The van der Waals surface area contributed by atoms with Crippen LogP contribution in [0.15, 0.2) is 114 Å². The van der Waals surface area contributed by atoms with E-state index in [0.717, 1.165) is 27.9 Å². The van der Waals surface area contributed by atoms with Crippen LogP contribution in [-0.4, -0.2) is 43.3 Å². The highest BCUT2D eigenvalue weighted by molar-refractivity contribution is 5.92. The first-order valence-corrected chi connectivity index (χ1v) is 13.1. The summed E-state index contributed by atoms with van der Waals surface area (Å²) in [5, 5.41) is 3.10. The molecule has 40 heavy (non-hydrogen) atoms. The van der Waals surface area contributed by atoms with Gasteiger partial charge < -0.3 is 20.7 Å². The van der Waals surface area contributed by atoms with Crippen molar-refractivity contribution in [2.24, 2.45) is 10.7 Å². The smallest absolute Gasteiger partial charge is 0.240 e. The molecule has 0 aliphatic rings.